The molecule has 2 N–H and O–H groups in total. The monoisotopic (exact) mass is 248 g/mol. The summed E-state index contributed by atoms with van der Waals surface area (Å²) < 4.78 is 5.58. The highest BCUT2D eigenvalue weighted by atomic mass is 16.5. The molecule has 1 heterocycles. The molecule has 0 spiro atoms. The van der Waals surface area contributed by atoms with Gasteiger partial charge in [-0.1, -0.05) is 26.0 Å². The fraction of sp³-hybridized carbons (Fsp3) is 0.600. The number of likely N-dealkylation sites (tertiary alicyclic amines) is 1. The van der Waals surface area contributed by atoms with Gasteiger partial charge < -0.3 is 10.5 Å². The van der Waals surface area contributed by atoms with Crippen molar-refractivity contribution < 1.29 is 4.74 Å². The third kappa shape index (κ3) is 3.47. The van der Waals surface area contributed by atoms with E-state index in [0.29, 0.717) is 12.0 Å². The Kier molecular flexibility index (Phi) is 4.61. The molecule has 0 radical (unpaired) electrons. The van der Waals surface area contributed by atoms with Gasteiger partial charge in [0.05, 0.1) is 6.61 Å². The second-order valence-corrected chi connectivity index (χ2v) is 5.33. The van der Waals surface area contributed by atoms with Gasteiger partial charge in [0, 0.05) is 25.7 Å². The Morgan fingerprint density at radius 1 is 1.28 bits per heavy atom. The van der Waals surface area contributed by atoms with Gasteiger partial charge in [-0.2, -0.15) is 0 Å². The lowest BCUT2D eigenvalue weighted by molar-refractivity contribution is 0.313. The van der Waals surface area contributed by atoms with E-state index < -0.39 is 0 Å². The van der Waals surface area contributed by atoms with E-state index >= 15 is 0 Å². The lowest BCUT2D eigenvalue weighted by Crippen LogP contribution is -2.28. The van der Waals surface area contributed by atoms with E-state index in [4.69, 9.17) is 10.5 Å². The van der Waals surface area contributed by atoms with Crippen molar-refractivity contribution in [2.24, 2.45) is 11.7 Å². The molecule has 1 aliphatic rings. The van der Waals surface area contributed by atoms with Crippen LogP contribution in [-0.2, 0) is 6.54 Å². The zero-order chi connectivity index (χ0) is 13.0. The molecule has 2 rings (SSSR count). The SMILES string of the molecule is CCCOc1ccc(CN2CC(C)C(N)C2)cc1. The highest BCUT2D eigenvalue weighted by Crippen LogP contribution is 2.19. The van der Waals surface area contributed by atoms with Crippen LogP contribution in [0.25, 0.3) is 0 Å². The molecule has 0 saturated carbocycles. The summed E-state index contributed by atoms with van der Waals surface area (Å²) in [6, 6.07) is 8.76. The largest absolute Gasteiger partial charge is 0.494 e. The second kappa shape index (κ2) is 6.21. The van der Waals surface area contributed by atoms with Gasteiger partial charge in [-0.05, 0) is 30.0 Å². The molecule has 3 nitrogen and oxygen atoms in total. The first-order chi connectivity index (χ1) is 8.69. The van der Waals surface area contributed by atoms with Crippen LogP contribution in [0.5, 0.6) is 5.75 Å². The Morgan fingerprint density at radius 3 is 2.56 bits per heavy atom. The third-order valence-electron chi connectivity index (χ3n) is 3.55. The van der Waals surface area contributed by atoms with Gasteiger partial charge in [0.2, 0.25) is 0 Å². The Labute approximate surface area is 110 Å². The molecule has 1 fully saturated rings. The summed E-state index contributed by atoms with van der Waals surface area (Å²) >= 11 is 0. The Hall–Kier alpha value is -1.06. The Morgan fingerprint density at radius 2 is 2.00 bits per heavy atom. The molecule has 18 heavy (non-hydrogen) atoms. The molecule has 0 aliphatic carbocycles. The quantitative estimate of drug-likeness (QED) is 0.868. The van der Waals surface area contributed by atoms with Crippen molar-refractivity contribution in [1.82, 2.24) is 4.90 Å². The van der Waals surface area contributed by atoms with Crippen LogP contribution in [0.1, 0.15) is 25.8 Å². The van der Waals surface area contributed by atoms with Crippen molar-refractivity contribution in [3.05, 3.63) is 29.8 Å². The van der Waals surface area contributed by atoms with Crippen LogP contribution in [0.4, 0.5) is 0 Å². The van der Waals surface area contributed by atoms with Crippen molar-refractivity contribution in [1.29, 1.82) is 0 Å². The molecule has 1 aromatic carbocycles. The maximum absolute atomic E-state index is 6.04. The number of nitrogens with zero attached hydrogens (tertiary/aromatic N) is 1. The minimum Gasteiger partial charge on any atom is -0.494 e. The predicted molar refractivity (Wildman–Crippen MR) is 74.6 cm³/mol. The molecule has 3 heteroatoms. The van der Waals surface area contributed by atoms with E-state index in [1.807, 2.05) is 0 Å². The summed E-state index contributed by atoms with van der Waals surface area (Å²) in [6.45, 7) is 8.24. The molecule has 2 unspecified atom stereocenters. The van der Waals surface area contributed by atoms with Crippen LogP contribution < -0.4 is 10.5 Å². The van der Waals surface area contributed by atoms with Crippen LogP contribution >= 0.6 is 0 Å². The average Bonchev–Trinajstić information content (AvgIpc) is 2.67. The van der Waals surface area contributed by atoms with Gasteiger partial charge >= 0.3 is 0 Å². The average molecular weight is 248 g/mol. The van der Waals surface area contributed by atoms with Crippen LogP contribution in [0.2, 0.25) is 0 Å². The zero-order valence-electron chi connectivity index (χ0n) is 11.4. The van der Waals surface area contributed by atoms with Gasteiger partial charge in [-0.25, -0.2) is 0 Å². The number of ether oxygens (including phenoxy) is 1. The number of rotatable bonds is 5. The van der Waals surface area contributed by atoms with Crippen molar-refractivity contribution in [3.63, 3.8) is 0 Å². The maximum atomic E-state index is 6.04. The summed E-state index contributed by atoms with van der Waals surface area (Å²) in [5.41, 5.74) is 7.37. The summed E-state index contributed by atoms with van der Waals surface area (Å²) in [6.07, 6.45) is 1.05. The standard InChI is InChI=1S/C15H24N2O/c1-3-8-18-14-6-4-13(5-7-14)10-17-9-12(2)15(16)11-17/h4-7,12,15H,3,8-11,16H2,1-2H3. The molecule has 2 atom stereocenters. The number of hydrogen-bond acceptors (Lipinski definition) is 3. The van der Waals surface area contributed by atoms with E-state index in [1.165, 1.54) is 5.56 Å². The molecule has 0 aromatic heterocycles. The lowest BCUT2D eigenvalue weighted by atomic mass is 10.1. The van der Waals surface area contributed by atoms with Crippen LogP contribution in [0.3, 0.4) is 0 Å². The minimum absolute atomic E-state index is 0.331. The van der Waals surface area contributed by atoms with Gasteiger partial charge in [-0.3, -0.25) is 4.90 Å². The van der Waals surface area contributed by atoms with Gasteiger partial charge in [0.15, 0.2) is 0 Å². The molecule has 100 valence electrons. The molecule has 1 aromatic rings. The molecular formula is C15H24N2O. The Balaban J connectivity index is 1.86. The minimum atomic E-state index is 0.331. The van der Waals surface area contributed by atoms with E-state index in [-0.39, 0.29) is 0 Å². The fourth-order valence-corrected chi connectivity index (χ4v) is 2.39. The van der Waals surface area contributed by atoms with E-state index in [2.05, 4.69) is 43.0 Å². The molecule has 1 aliphatic heterocycles. The highest BCUT2D eigenvalue weighted by Gasteiger charge is 2.26. The van der Waals surface area contributed by atoms with Gasteiger partial charge in [0.1, 0.15) is 5.75 Å². The van der Waals surface area contributed by atoms with Crippen molar-refractivity contribution in [2.45, 2.75) is 32.9 Å². The first-order valence-electron chi connectivity index (χ1n) is 6.88. The number of hydrogen-bond donors (Lipinski definition) is 1. The van der Waals surface area contributed by atoms with E-state index in [9.17, 15) is 0 Å². The van der Waals surface area contributed by atoms with E-state index in [1.54, 1.807) is 0 Å². The fourth-order valence-electron chi connectivity index (χ4n) is 2.39. The molecule has 0 bridgehead atoms. The molecular weight excluding hydrogens is 224 g/mol. The van der Waals surface area contributed by atoms with Crippen LogP contribution in [-0.4, -0.2) is 30.6 Å². The summed E-state index contributed by atoms with van der Waals surface area (Å²) in [7, 11) is 0. The van der Waals surface area contributed by atoms with Crippen molar-refractivity contribution in [2.75, 3.05) is 19.7 Å². The normalized spacial score (nSPS) is 24.4. The maximum Gasteiger partial charge on any atom is 0.119 e. The first kappa shape index (κ1) is 13.4. The van der Waals surface area contributed by atoms with Crippen LogP contribution in [0.15, 0.2) is 24.3 Å². The Bertz CT molecular complexity index is 353. The second-order valence-electron chi connectivity index (χ2n) is 5.33. The number of nitrogens with two attached hydrogens (primary N) is 1. The number of benzene rings is 1. The van der Waals surface area contributed by atoms with Crippen molar-refractivity contribution in [3.8, 4) is 5.75 Å². The summed E-state index contributed by atoms with van der Waals surface area (Å²) in [4.78, 5) is 2.43. The topological polar surface area (TPSA) is 38.5 Å². The van der Waals surface area contributed by atoms with Gasteiger partial charge in [-0.15, -0.1) is 0 Å². The van der Waals surface area contributed by atoms with Crippen LogP contribution in [0, 0.1) is 5.92 Å². The van der Waals surface area contributed by atoms with E-state index in [0.717, 1.165) is 38.4 Å². The summed E-state index contributed by atoms with van der Waals surface area (Å²) in [5, 5.41) is 0. The third-order valence-corrected chi connectivity index (χ3v) is 3.55. The highest BCUT2D eigenvalue weighted by molar-refractivity contribution is 5.27. The van der Waals surface area contributed by atoms with Crippen molar-refractivity contribution >= 4 is 0 Å². The smallest absolute Gasteiger partial charge is 0.119 e. The first-order valence-corrected chi connectivity index (χ1v) is 6.88. The predicted octanol–water partition coefficient (Wildman–Crippen LogP) is 2.25. The summed E-state index contributed by atoms with van der Waals surface area (Å²) in [5.74, 6) is 1.57. The van der Waals surface area contributed by atoms with Gasteiger partial charge in [0.25, 0.3) is 0 Å². The molecule has 0 amide bonds. The molecule has 1 saturated heterocycles. The zero-order valence-corrected chi connectivity index (χ0v) is 11.4. The lowest BCUT2D eigenvalue weighted by Gasteiger charge is -2.15.